The first kappa shape index (κ1) is 19.0. The maximum absolute atomic E-state index is 13.7. The van der Waals surface area contributed by atoms with E-state index in [0.29, 0.717) is 0 Å². The molecule has 0 aromatic heterocycles. The molecule has 0 heterocycles. The second-order valence-corrected chi connectivity index (χ2v) is 4.64. The molecule has 0 amide bonds. The first-order chi connectivity index (χ1) is 11.3. The molecular weight excluding hydrogens is 374 g/mol. The Bertz CT molecular complexity index is 704. The van der Waals surface area contributed by atoms with Crippen molar-refractivity contribution in [1.82, 2.24) is 0 Å². The summed E-state index contributed by atoms with van der Waals surface area (Å²) >= 11 is 0. The summed E-state index contributed by atoms with van der Waals surface area (Å²) in [7, 11) is 0. The molecule has 2 aromatic rings. The molecule has 0 radical (unpaired) electrons. The van der Waals surface area contributed by atoms with Gasteiger partial charge in [-0.1, -0.05) is 0 Å². The molecule has 0 unspecified atom stereocenters. The minimum absolute atomic E-state index is 0.305. The Kier molecular flexibility index (Phi) is 4.73. The number of halogens is 10. The minimum atomic E-state index is -5.10. The zero-order chi connectivity index (χ0) is 19.2. The van der Waals surface area contributed by atoms with Crippen LogP contribution in [0.1, 0.15) is 11.1 Å². The highest BCUT2D eigenvalue weighted by molar-refractivity contribution is 5.24. The van der Waals surface area contributed by atoms with Crippen molar-refractivity contribution in [2.24, 2.45) is 0 Å². The summed E-state index contributed by atoms with van der Waals surface area (Å²) in [5.74, 6) is -12.7. The number of hydrogen-bond donors (Lipinski definition) is 0. The van der Waals surface area contributed by atoms with Crippen LogP contribution in [0.2, 0.25) is 0 Å². The fourth-order valence-corrected chi connectivity index (χ4v) is 1.73. The molecule has 2 rings (SSSR count). The lowest BCUT2D eigenvalue weighted by atomic mass is 10.1. The first-order valence-electron chi connectivity index (χ1n) is 6.11. The molecule has 0 N–H and O–H groups in total. The molecule has 0 bridgehead atoms. The van der Waals surface area contributed by atoms with Gasteiger partial charge in [-0.25, -0.2) is 31.1 Å². The van der Waals surface area contributed by atoms with Crippen LogP contribution in [0.25, 0.3) is 0 Å². The lowest BCUT2D eigenvalue weighted by Crippen LogP contribution is -2.30. The summed E-state index contributed by atoms with van der Waals surface area (Å²) in [6, 6.07) is -1.22. The third-order valence-corrected chi connectivity index (χ3v) is 2.90. The Morgan fingerprint density at radius 2 is 0.760 bits per heavy atom. The average Bonchev–Trinajstić information content (AvgIpc) is 2.48. The van der Waals surface area contributed by atoms with Gasteiger partial charge in [-0.3, -0.25) is 0 Å². The molecule has 0 saturated heterocycles. The molecule has 0 aliphatic carbocycles. The average molecular weight is 378 g/mol. The van der Waals surface area contributed by atoms with Gasteiger partial charge in [0.15, 0.2) is 34.9 Å². The molecule has 0 spiro atoms. The van der Waals surface area contributed by atoms with Crippen molar-refractivity contribution in [3.05, 3.63) is 70.3 Å². The van der Waals surface area contributed by atoms with E-state index >= 15 is 0 Å². The third-order valence-electron chi connectivity index (χ3n) is 2.90. The van der Waals surface area contributed by atoms with E-state index in [2.05, 4.69) is 4.74 Å². The molecule has 25 heavy (non-hydrogen) atoms. The number of rotatable bonds is 4. The summed E-state index contributed by atoms with van der Waals surface area (Å²) in [4.78, 5) is 0. The van der Waals surface area contributed by atoms with E-state index in [-0.39, 0.29) is 24.3 Å². The van der Waals surface area contributed by atoms with Crippen molar-refractivity contribution < 1.29 is 48.6 Å². The molecule has 1 nitrogen and oxygen atoms in total. The Labute approximate surface area is 132 Å². The van der Waals surface area contributed by atoms with Crippen LogP contribution in [-0.4, -0.2) is 0 Å². The van der Waals surface area contributed by atoms with Crippen molar-refractivity contribution >= 4 is 0 Å². The van der Waals surface area contributed by atoms with Crippen LogP contribution in [0.3, 0.4) is 0 Å². The highest BCUT2D eigenvalue weighted by atomic mass is 19.3. The maximum atomic E-state index is 13.7. The van der Waals surface area contributed by atoms with Crippen LogP contribution in [0.15, 0.2) is 24.3 Å². The largest absolute Gasteiger partial charge is 0.388 e. The fourth-order valence-electron chi connectivity index (χ4n) is 1.73. The van der Waals surface area contributed by atoms with Crippen LogP contribution < -0.4 is 0 Å². The highest BCUT2D eigenvalue weighted by Crippen LogP contribution is 2.41. The lowest BCUT2D eigenvalue weighted by Gasteiger charge is -2.24. The van der Waals surface area contributed by atoms with Gasteiger partial charge >= 0.3 is 12.2 Å². The van der Waals surface area contributed by atoms with E-state index in [1.165, 1.54) is 0 Å². The van der Waals surface area contributed by atoms with E-state index in [4.69, 9.17) is 0 Å². The van der Waals surface area contributed by atoms with E-state index in [1.54, 1.807) is 0 Å². The van der Waals surface area contributed by atoms with E-state index in [0.717, 1.165) is 0 Å². The summed E-state index contributed by atoms with van der Waals surface area (Å²) in [6.45, 7) is 0. The third kappa shape index (κ3) is 3.70. The highest BCUT2D eigenvalue weighted by Gasteiger charge is 2.48. The number of ether oxygens (including phenoxy) is 1. The minimum Gasteiger partial charge on any atom is -0.247 e. The van der Waals surface area contributed by atoms with Crippen LogP contribution >= 0.6 is 0 Å². The Balaban J connectivity index is 2.42. The Hall–Kier alpha value is -2.30. The van der Waals surface area contributed by atoms with Gasteiger partial charge in [-0.05, 0) is 24.3 Å². The van der Waals surface area contributed by atoms with Gasteiger partial charge in [-0.15, -0.1) is 0 Å². The number of alkyl halides is 4. The SMILES string of the molecule is Fc1cc(C(F)(F)OC(F)(F)c2cc(F)c(F)c(F)c2)cc(F)c1F. The molecule has 0 aliphatic heterocycles. The molecule has 11 heteroatoms. The van der Waals surface area contributed by atoms with Gasteiger partial charge in [0.1, 0.15) is 0 Å². The molecule has 0 fully saturated rings. The summed E-state index contributed by atoms with van der Waals surface area (Å²) in [6.07, 6.45) is -10.2. The Morgan fingerprint density at radius 1 is 0.520 bits per heavy atom. The molecule has 0 aliphatic rings. The zero-order valence-corrected chi connectivity index (χ0v) is 11.5. The van der Waals surface area contributed by atoms with Gasteiger partial charge in [0.05, 0.1) is 11.1 Å². The van der Waals surface area contributed by atoms with E-state index in [9.17, 15) is 43.9 Å². The standard InChI is InChI=1S/C14H4F10O/c15-7-1-5(2-8(16)11(7)19)13(21,22)25-14(23,24)6-3-9(17)12(20)10(18)4-6/h1-4H. The summed E-state index contributed by atoms with van der Waals surface area (Å²) in [5.41, 5.74) is -3.65. The summed E-state index contributed by atoms with van der Waals surface area (Å²) < 4.78 is 135. The van der Waals surface area contributed by atoms with Gasteiger partial charge in [0.25, 0.3) is 0 Å². The zero-order valence-electron chi connectivity index (χ0n) is 11.5. The van der Waals surface area contributed by atoms with Crippen molar-refractivity contribution in [3.8, 4) is 0 Å². The Morgan fingerprint density at radius 3 is 1.00 bits per heavy atom. The number of benzene rings is 2. The maximum Gasteiger partial charge on any atom is 0.388 e. The van der Waals surface area contributed by atoms with Crippen molar-refractivity contribution in [1.29, 1.82) is 0 Å². The van der Waals surface area contributed by atoms with Gasteiger partial charge in [0.2, 0.25) is 0 Å². The second-order valence-electron chi connectivity index (χ2n) is 4.64. The van der Waals surface area contributed by atoms with E-state index < -0.39 is 58.2 Å². The van der Waals surface area contributed by atoms with Crippen molar-refractivity contribution in [2.75, 3.05) is 0 Å². The van der Waals surface area contributed by atoms with Crippen LogP contribution in [0.5, 0.6) is 0 Å². The first-order valence-corrected chi connectivity index (χ1v) is 6.11. The molecule has 0 atom stereocenters. The topological polar surface area (TPSA) is 9.23 Å². The van der Waals surface area contributed by atoms with Crippen LogP contribution in [0, 0.1) is 34.9 Å². The molecule has 0 saturated carbocycles. The molecule has 2 aromatic carbocycles. The van der Waals surface area contributed by atoms with Gasteiger partial charge in [0, 0.05) is 0 Å². The predicted octanol–water partition coefficient (Wildman–Crippen LogP) is 5.34. The van der Waals surface area contributed by atoms with Crippen LogP contribution in [-0.2, 0) is 17.0 Å². The fraction of sp³-hybridized carbons (Fsp3) is 0.143. The molecular formula is C14H4F10O. The second kappa shape index (κ2) is 6.21. The quantitative estimate of drug-likeness (QED) is 0.516. The van der Waals surface area contributed by atoms with Crippen molar-refractivity contribution in [2.45, 2.75) is 12.2 Å². The number of hydrogen-bond acceptors (Lipinski definition) is 1. The van der Waals surface area contributed by atoms with Gasteiger partial charge < -0.3 is 0 Å². The predicted molar refractivity (Wildman–Crippen MR) is 61.5 cm³/mol. The lowest BCUT2D eigenvalue weighted by molar-refractivity contribution is -0.391. The van der Waals surface area contributed by atoms with Gasteiger partial charge in [-0.2, -0.15) is 17.6 Å². The summed E-state index contributed by atoms with van der Waals surface area (Å²) in [5, 5.41) is 0. The van der Waals surface area contributed by atoms with Crippen molar-refractivity contribution in [3.63, 3.8) is 0 Å². The van der Waals surface area contributed by atoms with Crippen LogP contribution in [0.4, 0.5) is 43.9 Å². The monoisotopic (exact) mass is 378 g/mol. The normalized spacial score (nSPS) is 12.6. The molecule has 136 valence electrons. The van der Waals surface area contributed by atoms with E-state index in [1.807, 2.05) is 0 Å². The smallest absolute Gasteiger partial charge is 0.247 e.